The van der Waals surface area contributed by atoms with Gasteiger partial charge in [-0.2, -0.15) is 0 Å². The molecule has 3 nitrogen and oxygen atoms in total. The molecule has 1 heterocycles. The summed E-state index contributed by atoms with van der Waals surface area (Å²) in [6.45, 7) is 5.43. The zero-order valence-corrected chi connectivity index (χ0v) is 9.18. The molecule has 0 aliphatic rings. The van der Waals surface area contributed by atoms with Crippen molar-refractivity contribution in [1.82, 2.24) is 0 Å². The van der Waals surface area contributed by atoms with Crippen molar-refractivity contribution in [2.45, 2.75) is 33.1 Å². The van der Waals surface area contributed by atoms with Crippen molar-refractivity contribution < 1.29 is 14.3 Å². The van der Waals surface area contributed by atoms with Crippen LogP contribution in [-0.4, -0.2) is 11.1 Å². The molecule has 1 aromatic rings. The van der Waals surface area contributed by atoms with Crippen molar-refractivity contribution in [2.24, 2.45) is 0 Å². The molecule has 4 heteroatoms. The van der Waals surface area contributed by atoms with Gasteiger partial charge in [-0.05, 0) is 13.8 Å². The van der Waals surface area contributed by atoms with Crippen LogP contribution in [0.4, 0.5) is 0 Å². The van der Waals surface area contributed by atoms with Crippen LogP contribution in [0.5, 0.6) is 0 Å². The van der Waals surface area contributed by atoms with E-state index in [9.17, 15) is 4.79 Å². The maximum Gasteiger partial charge on any atom is 0.304 e. The molecule has 0 aromatic carbocycles. The number of carboxylic acid groups (broad SMARTS) is 1. The number of rotatable bonds is 3. The number of carboxylic acids is 1. The van der Waals surface area contributed by atoms with Crippen LogP contribution in [0, 0.1) is 13.8 Å². The maximum atomic E-state index is 10.5. The van der Waals surface area contributed by atoms with Crippen LogP contribution in [0.3, 0.4) is 0 Å². The molecule has 0 spiro atoms. The van der Waals surface area contributed by atoms with Gasteiger partial charge in [0, 0.05) is 11.5 Å². The Morgan fingerprint density at radius 3 is 2.50 bits per heavy atom. The van der Waals surface area contributed by atoms with Gasteiger partial charge >= 0.3 is 5.97 Å². The first-order valence-corrected chi connectivity index (χ1v) is 4.78. The molecule has 1 unspecified atom stereocenters. The Kier molecular flexibility index (Phi) is 3.21. The quantitative estimate of drug-likeness (QED) is 0.845. The first-order valence-electron chi connectivity index (χ1n) is 4.40. The second-order valence-corrected chi connectivity index (χ2v) is 3.84. The predicted molar refractivity (Wildman–Crippen MR) is 53.9 cm³/mol. The SMILES string of the molecule is Cc1oc(C(C)CC(=O)O)c(C)c1Cl. The van der Waals surface area contributed by atoms with Crippen LogP contribution in [0.2, 0.25) is 5.02 Å². The summed E-state index contributed by atoms with van der Waals surface area (Å²) >= 11 is 5.94. The van der Waals surface area contributed by atoms with Gasteiger partial charge in [0.2, 0.25) is 0 Å². The minimum atomic E-state index is -0.831. The second kappa shape index (κ2) is 4.05. The monoisotopic (exact) mass is 216 g/mol. The summed E-state index contributed by atoms with van der Waals surface area (Å²) in [5, 5.41) is 9.23. The highest BCUT2D eigenvalue weighted by molar-refractivity contribution is 6.32. The summed E-state index contributed by atoms with van der Waals surface area (Å²) in [6, 6.07) is 0. The Morgan fingerprint density at radius 1 is 1.57 bits per heavy atom. The summed E-state index contributed by atoms with van der Waals surface area (Å²) in [7, 11) is 0. The fourth-order valence-electron chi connectivity index (χ4n) is 1.48. The highest BCUT2D eigenvalue weighted by Crippen LogP contribution is 2.32. The number of furan rings is 1. The van der Waals surface area contributed by atoms with Crippen LogP contribution >= 0.6 is 11.6 Å². The van der Waals surface area contributed by atoms with E-state index in [1.54, 1.807) is 6.92 Å². The van der Waals surface area contributed by atoms with E-state index in [1.807, 2.05) is 13.8 Å². The summed E-state index contributed by atoms with van der Waals surface area (Å²) in [6.07, 6.45) is 0.0596. The standard InChI is InChI=1S/C10H13ClO3/c1-5(4-8(12)13)10-6(2)9(11)7(3)14-10/h5H,4H2,1-3H3,(H,12,13). The molecule has 0 fully saturated rings. The van der Waals surface area contributed by atoms with Crippen molar-refractivity contribution >= 4 is 17.6 Å². The molecular weight excluding hydrogens is 204 g/mol. The number of aliphatic carboxylic acids is 1. The number of halogens is 1. The summed E-state index contributed by atoms with van der Waals surface area (Å²) in [4.78, 5) is 10.5. The zero-order valence-electron chi connectivity index (χ0n) is 8.43. The molecule has 78 valence electrons. The molecule has 1 rings (SSSR count). The largest absolute Gasteiger partial charge is 0.481 e. The third-order valence-electron chi connectivity index (χ3n) is 2.20. The predicted octanol–water partition coefficient (Wildman–Crippen LogP) is 3.13. The van der Waals surface area contributed by atoms with Gasteiger partial charge in [0.1, 0.15) is 11.5 Å². The Balaban J connectivity index is 2.95. The van der Waals surface area contributed by atoms with E-state index in [4.69, 9.17) is 21.1 Å². The number of carbonyl (C=O) groups is 1. The molecule has 1 atom stereocenters. The fraction of sp³-hybridized carbons (Fsp3) is 0.500. The van der Waals surface area contributed by atoms with Crippen molar-refractivity contribution in [3.63, 3.8) is 0 Å². The van der Waals surface area contributed by atoms with E-state index in [1.165, 1.54) is 0 Å². The van der Waals surface area contributed by atoms with Crippen LogP contribution in [0.25, 0.3) is 0 Å². The first kappa shape index (κ1) is 11.1. The topological polar surface area (TPSA) is 50.4 Å². The van der Waals surface area contributed by atoms with Gasteiger partial charge in [0.25, 0.3) is 0 Å². The van der Waals surface area contributed by atoms with Gasteiger partial charge in [-0.25, -0.2) is 0 Å². The lowest BCUT2D eigenvalue weighted by atomic mass is 10.0. The molecule has 1 aromatic heterocycles. The molecule has 0 aliphatic heterocycles. The smallest absolute Gasteiger partial charge is 0.304 e. The third kappa shape index (κ3) is 2.10. The van der Waals surface area contributed by atoms with Gasteiger partial charge in [0.05, 0.1) is 11.4 Å². The molecular formula is C10H13ClO3. The zero-order chi connectivity index (χ0) is 10.9. The lowest BCUT2D eigenvalue weighted by Crippen LogP contribution is -2.02. The van der Waals surface area contributed by atoms with Gasteiger partial charge < -0.3 is 9.52 Å². The van der Waals surface area contributed by atoms with Gasteiger partial charge in [-0.3, -0.25) is 4.79 Å². The van der Waals surface area contributed by atoms with Crippen molar-refractivity contribution in [3.8, 4) is 0 Å². The second-order valence-electron chi connectivity index (χ2n) is 3.46. The normalized spacial score (nSPS) is 12.9. The Labute approximate surface area is 87.7 Å². The summed E-state index contributed by atoms with van der Waals surface area (Å²) in [5.41, 5.74) is 0.845. The van der Waals surface area contributed by atoms with E-state index in [-0.39, 0.29) is 12.3 Å². The average molecular weight is 217 g/mol. The lowest BCUT2D eigenvalue weighted by Gasteiger charge is -2.05. The maximum absolute atomic E-state index is 10.5. The van der Waals surface area contributed by atoms with Gasteiger partial charge in [-0.15, -0.1) is 0 Å². The Bertz CT molecular complexity index is 354. The van der Waals surface area contributed by atoms with E-state index < -0.39 is 5.97 Å². The van der Waals surface area contributed by atoms with E-state index in [0.29, 0.717) is 16.5 Å². The van der Waals surface area contributed by atoms with E-state index in [0.717, 1.165) is 5.56 Å². The Morgan fingerprint density at radius 2 is 2.14 bits per heavy atom. The Hall–Kier alpha value is -0.960. The van der Waals surface area contributed by atoms with Crippen LogP contribution in [0.15, 0.2) is 4.42 Å². The van der Waals surface area contributed by atoms with Crippen LogP contribution in [0.1, 0.15) is 36.3 Å². The third-order valence-corrected chi connectivity index (χ3v) is 2.75. The van der Waals surface area contributed by atoms with Crippen molar-refractivity contribution in [2.75, 3.05) is 0 Å². The number of aryl methyl sites for hydroxylation is 1. The number of hydrogen-bond acceptors (Lipinski definition) is 2. The summed E-state index contributed by atoms with van der Waals surface area (Å²) < 4.78 is 5.41. The van der Waals surface area contributed by atoms with E-state index >= 15 is 0 Å². The van der Waals surface area contributed by atoms with Crippen LogP contribution in [-0.2, 0) is 4.79 Å². The van der Waals surface area contributed by atoms with Crippen LogP contribution < -0.4 is 0 Å². The van der Waals surface area contributed by atoms with E-state index in [2.05, 4.69) is 0 Å². The fourth-order valence-corrected chi connectivity index (χ4v) is 1.62. The molecule has 0 amide bonds. The van der Waals surface area contributed by atoms with Gasteiger partial charge in [0.15, 0.2) is 0 Å². The molecule has 0 bridgehead atoms. The average Bonchev–Trinajstić information content (AvgIpc) is 2.32. The summed E-state index contributed by atoms with van der Waals surface area (Å²) in [5.74, 6) is 0.354. The molecule has 0 saturated carbocycles. The molecule has 0 aliphatic carbocycles. The molecule has 0 radical (unpaired) electrons. The number of hydrogen-bond donors (Lipinski definition) is 1. The molecule has 14 heavy (non-hydrogen) atoms. The van der Waals surface area contributed by atoms with Gasteiger partial charge in [-0.1, -0.05) is 18.5 Å². The van der Waals surface area contributed by atoms with Crippen molar-refractivity contribution in [1.29, 1.82) is 0 Å². The highest BCUT2D eigenvalue weighted by Gasteiger charge is 2.19. The highest BCUT2D eigenvalue weighted by atomic mass is 35.5. The minimum Gasteiger partial charge on any atom is -0.481 e. The molecule has 1 N–H and O–H groups in total. The first-order chi connectivity index (χ1) is 6.43. The minimum absolute atomic E-state index is 0.0596. The van der Waals surface area contributed by atoms with Crippen molar-refractivity contribution in [3.05, 3.63) is 22.1 Å². The lowest BCUT2D eigenvalue weighted by molar-refractivity contribution is -0.137. The molecule has 0 saturated heterocycles.